The van der Waals surface area contributed by atoms with Crippen LogP contribution in [0.25, 0.3) is 0 Å². The van der Waals surface area contributed by atoms with E-state index in [-0.39, 0.29) is 11.3 Å². The molecule has 1 saturated heterocycles. The fraction of sp³-hybridized carbons (Fsp3) is 0.778. The zero-order chi connectivity index (χ0) is 17.6. The minimum atomic E-state index is -0.347. The Hall–Kier alpha value is -1.56. The Kier molecular flexibility index (Phi) is 6.66. The van der Waals surface area contributed by atoms with Gasteiger partial charge in [0.25, 0.3) is 0 Å². The molecule has 0 spiro atoms. The number of rotatable bonds is 5. The van der Waals surface area contributed by atoms with Gasteiger partial charge < -0.3 is 15.5 Å². The highest BCUT2D eigenvalue weighted by Crippen LogP contribution is 2.18. The predicted molar refractivity (Wildman–Crippen MR) is 99.1 cm³/mol. The Bertz CT molecular complexity index is 472. The molecule has 0 aromatic rings. The molecular weight excluding hydrogens is 302 g/mol. The number of hydrogen-bond acceptors (Lipinski definition) is 3. The molecule has 0 saturated carbocycles. The van der Waals surface area contributed by atoms with E-state index in [2.05, 4.69) is 39.5 Å². The van der Waals surface area contributed by atoms with Crippen molar-refractivity contribution in [2.75, 3.05) is 45.8 Å². The molecule has 2 N–H and O–H groups in total. The number of nitrogens with zero attached hydrogens (tertiary/aromatic N) is 3. The minimum Gasteiger partial charge on any atom is -0.357 e. The summed E-state index contributed by atoms with van der Waals surface area (Å²) in [5.74, 6) is 1.04. The van der Waals surface area contributed by atoms with Crippen molar-refractivity contribution in [3.8, 4) is 0 Å². The third kappa shape index (κ3) is 5.23. The summed E-state index contributed by atoms with van der Waals surface area (Å²) in [5.41, 5.74) is -0.347. The second kappa shape index (κ2) is 8.51. The summed E-state index contributed by atoms with van der Waals surface area (Å²) in [4.78, 5) is 21.4. The maximum atomic E-state index is 11.9. The van der Waals surface area contributed by atoms with Gasteiger partial charge in [-0.1, -0.05) is 32.9 Å². The molecule has 24 heavy (non-hydrogen) atoms. The van der Waals surface area contributed by atoms with Gasteiger partial charge in [-0.15, -0.1) is 0 Å². The Morgan fingerprint density at radius 2 is 1.96 bits per heavy atom. The second-order valence-corrected chi connectivity index (χ2v) is 7.56. The Labute approximate surface area is 146 Å². The zero-order valence-corrected chi connectivity index (χ0v) is 15.6. The Morgan fingerprint density at radius 3 is 2.58 bits per heavy atom. The monoisotopic (exact) mass is 335 g/mol. The summed E-state index contributed by atoms with van der Waals surface area (Å²) in [6.45, 7) is 14.1. The van der Waals surface area contributed by atoms with Crippen molar-refractivity contribution in [1.29, 1.82) is 0 Å². The molecule has 0 aromatic carbocycles. The van der Waals surface area contributed by atoms with Crippen molar-refractivity contribution in [3.05, 3.63) is 12.2 Å². The maximum Gasteiger partial charge on any atom is 0.225 e. The van der Waals surface area contributed by atoms with Crippen LogP contribution in [0.15, 0.2) is 17.1 Å². The van der Waals surface area contributed by atoms with Gasteiger partial charge in [-0.2, -0.15) is 0 Å². The van der Waals surface area contributed by atoms with E-state index in [1.807, 2.05) is 20.8 Å². The first-order valence-corrected chi connectivity index (χ1v) is 9.12. The number of carbonyl (C=O) groups excluding carboxylic acids is 1. The van der Waals surface area contributed by atoms with Crippen molar-refractivity contribution in [3.63, 3.8) is 0 Å². The van der Waals surface area contributed by atoms with Crippen LogP contribution in [-0.2, 0) is 4.79 Å². The number of nitrogens with one attached hydrogen (secondary N) is 2. The predicted octanol–water partition coefficient (Wildman–Crippen LogP) is 1.06. The maximum absolute atomic E-state index is 11.9. The van der Waals surface area contributed by atoms with Gasteiger partial charge in [0.2, 0.25) is 5.91 Å². The number of aliphatic imine (C=N–C) groups is 1. The standard InChI is InChI=1S/C18H33N5O/c1-5-19-17(21-10-9-20-16(24)18(2,3)4)23-13-8-15(14-23)22-11-6-7-12-22/h6-7,15H,5,8-14H2,1-4H3,(H,19,21)(H,20,24). The van der Waals surface area contributed by atoms with Gasteiger partial charge in [0, 0.05) is 50.7 Å². The van der Waals surface area contributed by atoms with Gasteiger partial charge in [-0.25, -0.2) is 0 Å². The van der Waals surface area contributed by atoms with Crippen molar-refractivity contribution >= 4 is 11.9 Å². The van der Waals surface area contributed by atoms with E-state index in [9.17, 15) is 4.79 Å². The molecule has 0 aliphatic carbocycles. The average Bonchev–Trinajstić information content (AvgIpc) is 3.19. The summed E-state index contributed by atoms with van der Waals surface area (Å²) >= 11 is 0. The van der Waals surface area contributed by atoms with E-state index in [0.717, 1.165) is 38.7 Å². The van der Waals surface area contributed by atoms with Gasteiger partial charge in [0.05, 0.1) is 6.54 Å². The van der Waals surface area contributed by atoms with Crippen molar-refractivity contribution < 1.29 is 4.79 Å². The van der Waals surface area contributed by atoms with Gasteiger partial charge in [-0.3, -0.25) is 14.7 Å². The molecular formula is C18H33N5O. The van der Waals surface area contributed by atoms with Crippen molar-refractivity contribution in [1.82, 2.24) is 20.4 Å². The van der Waals surface area contributed by atoms with Crippen LogP contribution >= 0.6 is 0 Å². The molecule has 2 heterocycles. The Balaban J connectivity index is 1.81. The highest BCUT2D eigenvalue weighted by atomic mass is 16.2. The van der Waals surface area contributed by atoms with Crippen LogP contribution in [0, 0.1) is 5.41 Å². The third-order valence-corrected chi connectivity index (χ3v) is 4.50. The van der Waals surface area contributed by atoms with Crippen LogP contribution in [0.1, 0.15) is 34.1 Å². The highest BCUT2D eigenvalue weighted by molar-refractivity contribution is 5.81. The van der Waals surface area contributed by atoms with Gasteiger partial charge >= 0.3 is 0 Å². The smallest absolute Gasteiger partial charge is 0.225 e. The summed E-state index contributed by atoms with van der Waals surface area (Å²) < 4.78 is 0. The van der Waals surface area contributed by atoms with E-state index in [1.165, 1.54) is 6.42 Å². The molecule has 0 aromatic heterocycles. The molecule has 0 bridgehead atoms. The quantitative estimate of drug-likeness (QED) is 0.341. The van der Waals surface area contributed by atoms with E-state index in [1.54, 1.807) is 0 Å². The molecule has 1 amide bonds. The van der Waals surface area contributed by atoms with Crippen LogP contribution < -0.4 is 10.6 Å². The second-order valence-electron chi connectivity index (χ2n) is 7.56. The van der Waals surface area contributed by atoms with Crippen LogP contribution in [0.5, 0.6) is 0 Å². The van der Waals surface area contributed by atoms with Crippen molar-refractivity contribution in [2.24, 2.45) is 10.4 Å². The molecule has 2 aliphatic heterocycles. The molecule has 6 nitrogen and oxygen atoms in total. The number of likely N-dealkylation sites (tertiary alicyclic amines) is 1. The van der Waals surface area contributed by atoms with E-state index < -0.39 is 0 Å². The number of hydrogen-bond donors (Lipinski definition) is 2. The normalized spacial score (nSPS) is 22.2. The summed E-state index contributed by atoms with van der Waals surface area (Å²) in [6, 6.07) is 0.615. The number of carbonyl (C=O) groups is 1. The largest absolute Gasteiger partial charge is 0.357 e. The topological polar surface area (TPSA) is 60.0 Å². The molecule has 1 fully saturated rings. The lowest BCUT2D eigenvalue weighted by molar-refractivity contribution is -0.128. The first-order valence-electron chi connectivity index (χ1n) is 9.12. The minimum absolute atomic E-state index is 0.0745. The Morgan fingerprint density at radius 1 is 1.25 bits per heavy atom. The van der Waals surface area contributed by atoms with Crippen LogP contribution in [-0.4, -0.2) is 73.5 Å². The molecule has 136 valence electrons. The zero-order valence-electron chi connectivity index (χ0n) is 15.6. The molecule has 1 atom stereocenters. The molecule has 2 aliphatic rings. The highest BCUT2D eigenvalue weighted by Gasteiger charge is 2.29. The SMILES string of the molecule is CCNC(=NCCNC(=O)C(C)(C)C)N1CCC(N2CC=CC2)C1. The third-order valence-electron chi connectivity index (χ3n) is 4.50. The number of amides is 1. The van der Waals surface area contributed by atoms with Gasteiger partial charge in [0.1, 0.15) is 0 Å². The van der Waals surface area contributed by atoms with Crippen LogP contribution in [0.3, 0.4) is 0 Å². The summed E-state index contributed by atoms with van der Waals surface area (Å²) in [7, 11) is 0. The lowest BCUT2D eigenvalue weighted by Crippen LogP contribution is -2.43. The average molecular weight is 335 g/mol. The van der Waals surface area contributed by atoms with Gasteiger partial charge in [-0.05, 0) is 13.3 Å². The summed E-state index contributed by atoms with van der Waals surface area (Å²) in [6.07, 6.45) is 5.69. The van der Waals surface area contributed by atoms with E-state index in [4.69, 9.17) is 4.99 Å². The lowest BCUT2D eigenvalue weighted by atomic mass is 9.96. The molecule has 6 heteroatoms. The lowest BCUT2D eigenvalue weighted by Gasteiger charge is -2.25. The molecule has 2 rings (SSSR count). The first-order chi connectivity index (χ1) is 11.4. The van der Waals surface area contributed by atoms with Gasteiger partial charge in [0.15, 0.2) is 5.96 Å². The first kappa shape index (κ1) is 18.8. The van der Waals surface area contributed by atoms with Crippen LogP contribution in [0.4, 0.5) is 0 Å². The van der Waals surface area contributed by atoms with E-state index >= 15 is 0 Å². The molecule has 0 radical (unpaired) electrons. The van der Waals surface area contributed by atoms with Crippen molar-refractivity contribution in [2.45, 2.75) is 40.2 Å². The number of guanidine groups is 1. The van der Waals surface area contributed by atoms with E-state index in [0.29, 0.717) is 19.1 Å². The summed E-state index contributed by atoms with van der Waals surface area (Å²) in [5, 5.41) is 6.34. The fourth-order valence-corrected chi connectivity index (χ4v) is 3.05. The van der Waals surface area contributed by atoms with Crippen LogP contribution in [0.2, 0.25) is 0 Å². The fourth-order valence-electron chi connectivity index (χ4n) is 3.05. The molecule has 1 unspecified atom stereocenters.